The first-order valence-electron chi connectivity index (χ1n) is 5.63. The number of nitrogens with zero attached hydrogens (tertiary/aromatic N) is 2. The minimum absolute atomic E-state index is 0.130. The number of carbonyl (C=O) groups is 1. The van der Waals surface area contributed by atoms with Crippen LogP contribution in [-0.2, 0) is 4.79 Å². The Balaban J connectivity index is 2.07. The van der Waals surface area contributed by atoms with Gasteiger partial charge in [0, 0.05) is 35.7 Å². The van der Waals surface area contributed by atoms with Crippen molar-refractivity contribution in [3.05, 3.63) is 16.6 Å². The maximum Gasteiger partial charge on any atom is 0.304 e. The van der Waals surface area contributed by atoms with Gasteiger partial charge in [-0.2, -0.15) is 11.8 Å². The average molecular weight is 272 g/mol. The first-order chi connectivity index (χ1) is 8.18. The molecule has 0 aliphatic carbocycles. The van der Waals surface area contributed by atoms with Crippen molar-refractivity contribution in [3.8, 4) is 0 Å². The van der Waals surface area contributed by atoms with Crippen molar-refractivity contribution in [1.29, 1.82) is 0 Å². The molecule has 2 unspecified atom stereocenters. The van der Waals surface area contributed by atoms with Gasteiger partial charge in [0.05, 0.1) is 12.5 Å². The van der Waals surface area contributed by atoms with Gasteiger partial charge in [0.25, 0.3) is 0 Å². The maximum absolute atomic E-state index is 10.9. The SMILES string of the molecule is CC(c1nccs1)N1CCSCC1CC(=O)O. The fourth-order valence-electron chi connectivity index (χ4n) is 2.14. The molecule has 1 N–H and O–H groups in total. The van der Waals surface area contributed by atoms with E-state index in [0.717, 1.165) is 23.1 Å². The van der Waals surface area contributed by atoms with Crippen molar-refractivity contribution in [2.45, 2.75) is 25.4 Å². The maximum atomic E-state index is 10.9. The minimum atomic E-state index is -0.714. The van der Waals surface area contributed by atoms with Crippen molar-refractivity contribution in [1.82, 2.24) is 9.88 Å². The van der Waals surface area contributed by atoms with Crippen molar-refractivity contribution in [2.24, 2.45) is 0 Å². The highest BCUT2D eigenvalue weighted by molar-refractivity contribution is 7.99. The number of carboxylic acids is 1. The summed E-state index contributed by atoms with van der Waals surface area (Å²) in [4.78, 5) is 17.5. The van der Waals surface area contributed by atoms with Gasteiger partial charge in [0.2, 0.25) is 0 Å². The number of thioether (sulfide) groups is 1. The average Bonchev–Trinajstić information content (AvgIpc) is 2.81. The molecule has 0 bridgehead atoms. The van der Waals surface area contributed by atoms with E-state index in [-0.39, 0.29) is 18.5 Å². The lowest BCUT2D eigenvalue weighted by Crippen LogP contribution is -2.44. The molecule has 0 amide bonds. The Morgan fingerprint density at radius 3 is 3.24 bits per heavy atom. The van der Waals surface area contributed by atoms with Crippen molar-refractivity contribution >= 4 is 29.1 Å². The van der Waals surface area contributed by atoms with Gasteiger partial charge in [-0.3, -0.25) is 9.69 Å². The van der Waals surface area contributed by atoms with E-state index in [0.29, 0.717) is 0 Å². The highest BCUT2D eigenvalue weighted by Gasteiger charge is 2.30. The van der Waals surface area contributed by atoms with E-state index in [4.69, 9.17) is 5.11 Å². The Hall–Kier alpha value is -0.590. The van der Waals surface area contributed by atoms with Crippen LogP contribution in [0.3, 0.4) is 0 Å². The van der Waals surface area contributed by atoms with Gasteiger partial charge in [-0.05, 0) is 6.92 Å². The van der Waals surface area contributed by atoms with Crippen LogP contribution in [0.25, 0.3) is 0 Å². The Kier molecular flexibility index (Phi) is 4.42. The largest absolute Gasteiger partial charge is 0.481 e. The first kappa shape index (κ1) is 12.9. The second-order valence-corrected chi connectivity index (χ2v) is 6.19. The van der Waals surface area contributed by atoms with Gasteiger partial charge in [-0.1, -0.05) is 0 Å². The molecule has 0 spiro atoms. The summed E-state index contributed by atoms with van der Waals surface area (Å²) in [7, 11) is 0. The topological polar surface area (TPSA) is 53.4 Å². The number of carboxylic acid groups (broad SMARTS) is 1. The molecule has 0 radical (unpaired) electrons. The van der Waals surface area contributed by atoms with E-state index in [9.17, 15) is 4.79 Å². The van der Waals surface area contributed by atoms with Crippen LogP contribution in [-0.4, -0.2) is 45.1 Å². The lowest BCUT2D eigenvalue weighted by atomic mass is 10.1. The Bertz CT molecular complexity index is 370. The number of thiazole rings is 1. The van der Waals surface area contributed by atoms with Crippen LogP contribution in [0.1, 0.15) is 24.4 Å². The zero-order chi connectivity index (χ0) is 12.3. The van der Waals surface area contributed by atoms with Crippen LogP contribution in [0.5, 0.6) is 0 Å². The van der Waals surface area contributed by atoms with Crippen molar-refractivity contribution in [2.75, 3.05) is 18.1 Å². The fourth-order valence-corrected chi connectivity index (χ4v) is 3.94. The summed E-state index contributed by atoms with van der Waals surface area (Å²) in [6, 6.07) is 0.352. The summed E-state index contributed by atoms with van der Waals surface area (Å²) in [6.07, 6.45) is 2.03. The molecule has 6 heteroatoms. The standard InChI is InChI=1S/C11H16N2O2S2/c1-8(11-12-2-4-17-11)13-3-5-16-7-9(13)6-10(14)15/h2,4,8-9H,3,5-7H2,1H3,(H,14,15). The predicted molar refractivity (Wildman–Crippen MR) is 70.6 cm³/mol. The van der Waals surface area contributed by atoms with Crippen LogP contribution < -0.4 is 0 Å². The molecule has 1 aromatic rings. The lowest BCUT2D eigenvalue weighted by molar-refractivity contribution is -0.138. The molecule has 1 fully saturated rings. The van der Waals surface area contributed by atoms with Crippen LogP contribution >= 0.6 is 23.1 Å². The van der Waals surface area contributed by atoms with Crippen LogP contribution in [0.2, 0.25) is 0 Å². The molecule has 2 heterocycles. The second-order valence-electron chi connectivity index (χ2n) is 4.11. The third-order valence-electron chi connectivity index (χ3n) is 2.99. The van der Waals surface area contributed by atoms with Gasteiger partial charge in [0.15, 0.2) is 0 Å². The van der Waals surface area contributed by atoms with Gasteiger partial charge in [0.1, 0.15) is 5.01 Å². The second kappa shape index (κ2) is 5.84. The normalized spacial score (nSPS) is 23.5. The molecule has 2 atom stereocenters. The summed E-state index contributed by atoms with van der Waals surface area (Å²) in [5.74, 6) is 1.27. The minimum Gasteiger partial charge on any atom is -0.481 e. The number of rotatable bonds is 4. The van der Waals surface area contributed by atoms with E-state index in [1.165, 1.54) is 0 Å². The zero-order valence-corrected chi connectivity index (χ0v) is 11.3. The van der Waals surface area contributed by atoms with Gasteiger partial charge >= 0.3 is 5.97 Å². The Labute approximate surface area is 109 Å². The molecular weight excluding hydrogens is 256 g/mol. The summed E-state index contributed by atoms with van der Waals surface area (Å²) in [5.41, 5.74) is 0. The summed E-state index contributed by atoms with van der Waals surface area (Å²) < 4.78 is 0. The van der Waals surface area contributed by atoms with Crippen LogP contribution in [0, 0.1) is 0 Å². The zero-order valence-electron chi connectivity index (χ0n) is 9.70. The molecule has 0 saturated carbocycles. The van der Waals surface area contributed by atoms with Crippen molar-refractivity contribution < 1.29 is 9.90 Å². The lowest BCUT2D eigenvalue weighted by Gasteiger charge is -2.38. The molecule has 17 heavy (non-hydrogen) atoms. The summed E-state index contributed by atoms with van der Waals surface area (Å²) in [5, 5.41) is 12.0. The molecule has 1 aliphatic heterocycles. The molecule has 4 nitrogen and oxygen atoms in total. The highest BCUT2D eigenvalue weighted by Crippen LogP contribution is 2.29. The van der Waals surface area contributed by atoms with Crippen LogP contribution in [0.4, 0.5) is 0 Å². The summed E-state index contributed by atoms with van der Waals surface area (Å²) >= 11 is 3.48. The molecule has 1 saturated heterocycles. The van der Waals surface area contributed by atoms with Crippen molar-refractivity contribution in [3.63, 3.8) is 0 Å². The Morgan fingerprint density at radius 1 is 1.76 bits per heavy atom. The van der Waals surface area contributed by atoms with E-state index in [1.54, 1.807) is 17.5 Å². The van der Waals surface area contributed by atoms with Gasteiger partial charge in [-0.25, -0.2) is 4.98 Å². The predicted octanol–water partition coefficient (Wildman–Crippen LogP) is 2.10. The molecule has 1 aromatic heterocycles. The number of aliphatic carboxylic acids is 1. The quantitative estimate of drug-likeness (QED) is 0.909. The number of hydrogen-bond acceptors (Lipinski definition) is 5. The van der Waals surface area contributed by atoms with Gasteiger partial charge in [-0.15, -0.1) is 11.3 Å². The summed E-state index contributed by atoms with van der Waals surface area (Å²) in [6.45, 7) is 3.06. The number of hydrogen-bond donors (Lipinski definition) is 1. The van der Waals surface area contributed by atoms with Crippen LogP contribution in [0.15, 0.2) is 11.6 Å². The van der Waals surface area contributed by atoms with E-state index in [2.05, 4.69) is 16.8 Å². The molecule has 1 aliphatic rings. The smallest absolute Gasteiger partial charge is 0.304 e. The van der Waals surface area contributed by atoms with E-state index >= 15 is 0 Å². The monoisotopic (exact) mass is 272 g/mol. The molecule has 2 rings (SSSR count). The highest BCUT2D eigenvalue weighted by atomic mass is 32.2. The fraction of sp³-hybridized carbons (Fsp3) is 0.636. The third kappa shape index (κ3) is 3.20. The first-order valence-corrected chi connectivity index (χ1v) is 7.66. The molecule has 0 aromatic carbocycles. The third-order valence-corrected chi connectivity index (χ3v) is 5.03. The molecular formula is C11H16N2O2S2. The van der Waals surface area contributed by atoms with Gasteiger partial charge < -0.3 is 5.11 Å². The van der Waals surface area contributed by atoms with E-state index < -0.39 is 5.97 Å². The number of aromatic nitrogens is 1. The van der Waals surface area contributed by atoms with E-state index in [1.807, 2.05) is 17.1 Å². The molecule has 94 valence electrons. The Morgan fingerprint density at radius 2 is 2.59 bits per heavy atom.